The number of rotatable bonds is 2. The number of anilines is 1. The van der Waals surface area contributed by atoms with Crippen LogP contribution in [0.4, 0.5) is 5.82 Å². The molecule has 0 amide bonds. The predicted molar refractivity (Wildman–Crippen MR) is 141 cm³/mol. The van der Waals surface area contributed by atoms with Crippen LogP contribution in [-0.4, -0.2) is 30.1 Å². The number of ketones is 1. The van der Waals surface area contributed by atoms with Crippen molar-refractivity contribution >= 4 is 63.7 Å². The van der Waals surface area contributed by atoms with Crippen LogP contribution in [0.5, 0.6) is 0 Å². The van der Waals surface area contributed by atoms with Crippen molar-refractivity contribution in [3.8, 4) is 11.3 Å². The maximum absolute atomic E-state index is 10.7. The molecule has 7 nitrogen and oxygen atoms in total. The Hall–Kier alpha value is -3.23. The lowest BCUT2D eigenvalue weighted by atomic mass is 10.2. The Morgan fingerprint density at radius 3 is 2.11 bits per heavy atom. The first-order valence-electron chi connectivity index (χ1n) is 9.98. The highest BCUT2D eigenvalue weighted by Gasteiger charge is 2.08. The average Bonchev–Trinajstić information content (AvgIpc) is 3.23. The van der Waals surface area contributed by atoms with Crippen molar-refractivity contribution in [1.29, 1.82) is 0 Å². The van der Waals surface area contributed by atoms with Crippen molar-refractivity contribution in [3.05, 3.63) is 105 Å². The van der Waals surface area contributed by atoms with Crippen molar-refractivity contribution in [1.82, 2.24) is 24.3 Å². The summed E-state index contributed by atoms with van der Waals surface area (Å²) in [5.74, 6) is 0.399. The van der Waals surface area contributed by atoms with Gasteiger partial charge in [-0.25, -0.2) is 19.9 Å². The van der Waals surface area contributed by atoms with E-state index in [-0.39, 0.29) is 10.9 Å². The molecule has 5 heterocycles. The molecule has 5 rings (SSSR count). The van der Waals surface area contributed by atoms with Crippen molar-refractivity contribution in [2.45, 2.75) is 6.92 Å². The van der Waals surface area contributed by atoms with Crippen LogP contribution in [0.2, 0.25) is 20.4 Å². The second-order valence-corrected chi connectivity index (χ2v) is 8.46. The Bertz CT molecular complexity index is 1440. The van der Waals surface area contributed by atoms with Crippen molar-refractivity contribution in [3.63, 3.8) is 0 Å². The Labute approximate surface area is 221 Å². The SMILES string of the molecule is CC(=O)c1cccnc1Cl.Clc1ccn2cc(-c3cccnc3Cl)nc2c1.Nc1cc(Cl)ccn1. The molecule has 5 aromatic heterocycles. The van der Waals surface area contributed by atoms with Crippen LogP contribution in [0.3, 0.4) is 0 Å². The zero-order chi connectivity index (χ0) is 25.4. The molecule has 0 radical (unpaired) electrons. The van der Waals surface area contributed by atoms with E-state index in [0.29, 0.717) is 26.6 Å². The number of carbonyl (C=O) groups is 1. The summed E-state index contributed by atoms with van der Waals surface area (Å²) >= 11 is 23.1. The van der Waals surface area contributed by atoms with Crippen molar-refractivity contribution in [2.75, 3.05) is 5.73 Å². The molecule has 0 saturated heterocycles. The van der Waals surface area contributed by atoms with E-state index >= 15 is 0 Å². The first kappa shape index (κ1) is 26.4. The van der Waals surface area contributed by atoms with E-state index in [9.17, 15) is 4.79 Å². The van der Waals surface area contributed by atoms with Gasteiger partial charge in [-0.05, 0) is 49.4 Å². The first-order valence-corrected chi connectivity index (χ1v) is 11.5. The zero-order valence-corrected chi connectivity index (χ0v) is 21.3. The number of pyridine rings is 4. The molecule has 5 aromatic rings. The maximum atomic E-state index is 10.7. The number of hydrogen-bond acceptors (Lipinski definition) is 6. The number of hydrogen-bond donors (Lipinski definition) is 1. The lowest BCUT2D eigenvalue weighted by Crippen LogP contribution is -1.93. The summed E-state index contributed by atoms with van der Waals surface area (Å²) in [4.78, 5) is 26.7. The molecular formula is C24H18Cl4N6O. The molecule has 11 heteroatoms. The van der Waals surface area contributed by atoms with Crippen molar-refractivity contribution in [2.24, 2.45) is 0 Å². The molecular weight excluding hydrogens is 530 g/mol. The van der Waals surface area contributed by atoms with Crippen molar-refractivity contribution < 1.29 is 4.79 Å². The van der Waals surface area contributed by atoms with Gasteiger partial charge >= 0.3 is 0 Å². The summed E-state index contributed by atoms with van der Waals surface area (Å²) in [5, 5.41) is 2.00. The Morgan fingerprint density at radius 1 is 0.857 bits per heavy atom. The van der Waals surface area contributed by atoms with Crippen LogP contribution in [0.1, 0.15) is 17.3 Å². The number of carbonyl (C=O) groups excluding carboxylic acids is 1. The van der Waals surface area contributed by atoms with Gasteiger partial charge in [-0.1, -0.05) is 46.4 Å². The highest BCUT2D eigenvalue weighted by atomic mass is 35.5. The van der Waals surface area contributed by atoms with Crippen LogP contribution in [-0.2, 0) is 0 Å². The molecule has 0 aliphatic carbocycles. The van der Waals surface area contributed by atoms with Gasteiger partial charge in [0.25, 0.3) is 0 Å². The number of nitrogens with zero attached hydrogens (tertiary/aromatic N) is 5. The second kappa shape index (κ2) is 12.5. The van der Waals surface area contributed by atoms with Gasteiger partial charge in [0.2, 0.25) is 0 Å². The largest absolute Gasteiger partial charge is 0.384 e. The monoisotopic (exact) mass is 546 g/mol. The van der Waals surface area contributed by atoms with E-state index in [1.807, 2.05) is 35.0 Å². The Kier molecular flexibility index (Phi) is 9.39. The van der Waals surface area contributed by atoms with E-state index < -0.39 is 0 Å². The average molecular weight is 548 g/mol. The van der Waals surface area contributed by atoms with Crippen LogP contribution >= 0.6 is 46.4 Å². The molecule has 0 fully saturated rings. The third-order valence-corrected chi connectivity index (χ3v) is 5.41. The van der Waals surface area contributed by atoms with Crippen LogP contribution < -0.4 is 5.73 Å². The standard InChI is InChI=1S/C12H7Cl2N3.C7H6ClNO.C5H5ClN2/c13-8-3-5-17-7-10(16-11(17)6-8)9-2-1-4-15-12(9)14;1-5(10)6-3-2-4-9-7(6)8;6-4-1-2-8-5(7)3-4/h1-7H;2-4H,1H3;1-3H,(H2,7,8). The lowest BCUT2D eigenvalue weighted by Gasteiger charge is -1.96. The zero-order valence-electron chi connectivity index (χ0n) is 18.2. The third-order valence-electron chi connectivity index (χ3n) is 4.34. The molecule has 35 heavy (non-hydrogen) atoms. The van der Waals surface area contributed by atoms with Gasteiger partial charge in [0.05, 0.1) is 11.3 Å². The number of imidazole rings is 1. The molecule has 0 bridgehead atoms. The number of fused-ring (bicyclic) bond motifs is 1. The van der Waals surface area contributed by atoms with E-state index in [1.165, 1.54) is 6.92 Å². The highest BCUT2D eigenvalue weighted by Crippen LogP contribution is 2.25. The predicted octanol–water partition coefficient (Wildman–Crippen LogP) is 6.96. The molecule has 2 N–H and O–H groups in total. The fourth-order valence-corrected chi connectivity index (χ4v) is 3.52. The molecule has 0 aliphatic rings. The molecule has 0 unspecified atom stereocenters. The lowest BCUT2D eigenvalue weighted by molar-refractivity contribution is 0.101. The Balaban J connectivity index is 0.000000162. The third kappa shape index (κ3) is 7.63. The van der Waals surface area contributed by atoms with E-state index in [4.69, 9.17) is 52.1 Å². The molecule has 0 aromatic carbocycles. The van der Waals surface area contributed by atoms with Gasteiger partial charge in [-0.3, -0.25) is 4.79 Å². The van der Waals surface area contributed by atoms with Gasteiger partial charge in [0.15, 0.2) is 5.78 Å². The fraction of sp³-hybridized carbons (Fsp3) is 0.0417. The van der Waals surface area contributed by atoms with Crippen LogP contribution in [0.25, 0.3) is 16.9 Å². The summed E-state index contributed by atoms with van der Waals surface area (Å²) in [7, 11) is 0. The van der Waals surface area contributed by atoms with Crippen LogP contribution in [0.15, 0.2) is 79.5 Å². The van der Waals surface area contributed by atoms with Gasteiger partial charge < -0.3 is 10.1 Å². The first-order chi connectivity index (χ1) is 16.7. The molecule has 178 valence electrons. The number of nitrogens with two attached hydrogens (primary N) is 1. The maximum Gasteiger partial charge on any atom is 0.162 e. The number of nitrogen functional groups attached to an aromatic ring is 1. The molecule has 0 aliphatic heterocycles. The fourth-order valence-electron chi connectivity index (χ4n) is 2.73. The van der Waals surface area contributed by atoms with E-state index in [0.717, 1.165) is 16.9 Å². The second-order valence-electron chi connectivity index (χ2n) is 6.88. The number of aromatic nitrogens is 5. The van der Waals surface area contributed by atoms with E-state index in [1.54, 1.807) is 48.9 Å². The minimum Gasteiger partial charge on any atom is -0.384 e. The topological polar surface area (TPSA) is 99.1 Å². The molecule has 0 saturated carbocycles. The van der Waals surface area contributed by atoms with Gasteiger partial charge in [0.1, 0.15) is 21.8 Å². The number of Topliss-reactive ketones (excluding diaryl/α,β-unsaturated/α-hetero) is 1. The summed E-state index contributed by atoms with van der Waals surface area (Å²) in [6, 6.07) is 13.9. The normalized spacial score (nSPS) is 10.1. The Morgan fingerprint density at radius 2 is 1.54 bits per heavy atom. The summed E-state index contributed by atoms with van der Waals surface area (Å²) < 4.78 is 1.89. The smallest absolute Gasteiger partial charge is 0.162 e. The van der Waals surface area contributed by atoms with Crippen LogP contribution in [0, 0.1) is 0 Å². The quantitative estimate of drug-likeness (QED) is 0.189. The molecule has 0 atom stereocenters. The highest BCUT2D eigenvalue weighted by molar-refractivity contribution is 6.33. The van der Waals surface area contributed by atoms with Gasteiger partial charge in [-0.2, -0.15) is 0 Å². The van der Waals surface area contributed by atoms with Gasteiger partial charge in [-0.15, -0.1) is 0 Å². The van der Waals surface area contributed by atoms with Gasteiger partial charge in [0, 0.05) is 52.7 Å². The summed E-state index contributed by atoms with van der Waals surface area (Å²) in [6.45, 7) is 1.46. The minimum atomic E-state index is -0.0573. The van der Waals surface area contributed by atoms with E-state index in [2.05, 4.69) is 19.9 Å². The molecule has 0 spiro atoms. The summed E-state index contributed by atoms with van der Waals surface area (Å²) in [5.41, 5.74) is 8.12. The number of halogens is 4. The summed E-state index contributed by atoms with van der Waals surface area (Å²) in [6.07, 6.45) is 8.53. The minimum absolute atomic E-state index is 0.0573.